The number of nitrogens with zero attached hydrogens (tertiary/aromatic N) is 2. The number of hydrogen-bond acceptors (Lipinski definition) is 3. The maximum atomic E-state index is 15.9. The topological polar surface area (TPSA) is 51.4 Å². The highest BCUT2D eigenvalue weighted by Crippen LogP contribution is 2.55. The van der Waals surface area contributed by atoms with Gasteiger partial charge in [0, 0.05) is 42.6 Å². The molecule has 0 saturated heterocycles. The molecule has 0 N–H and O–H groups in total. The Hall–Kier alpha value is -5.53. The Morgan fingerprint density at radius 3 is 1.53 bits per heavy atom. The molecule has 0 spiro atoms. The lowest BCUT2D eigenvalue weighted by Crippen LogP contribution is -2.22. The minimum atomic E-state index is -3.28. The van der Waals surface area contributed by atoms with Crippen molar-refractivity contribution in [1.82, 2.24) is 9.38 Å². The standard InChI is InChI=1S/C43H26N2O2P2/c46-48(37-19-7-2-13-29(37)30-14-3-8-20-38(30)48)27-24-25-34-36(26-27)45-35-18-6-1-12-28(35)33-17-11-23-41(42(33)43(45)44-34)49(47)39-21-9-4-15-31(39)32-16-5-10-22-40(32)49/h1-26H. The molecule has 4 heterocycles. The van der Waals surface area contributed by atoms with E-state index >= 15 is 9.13 Å². The molecule has 2 aliphatic heterocycles. The molecule has 2 aliphatic rings. The lowest BCUT2D eigenvalue weighted by molar-refractivity contribution is 0.592. The number of fused-ring (bicyclic) bond motifs is 14. The van der Waals surface area contributed by atoms with E-state index in [0.29, 0.717) is 0 Å². The van der Waals surface area contributed by atoms with Crippen molar-refractivity contribution >= 4 is 84.5 Å². The van der Waals surface area contributed by atoms with Gasteiger partial charge >= 0.3 is 0 Å². The minimum Gasteiger partial charge on any atom is -0.309 e. The quantitative estimate of drug-likeness (QED) is 0.139. The maximum Gasteiger partial charge on any atom is 0.172 e. The number of imidazole rings is 1. The van der Waals surface area contributed by atoms with E-state index in [-0.39, 0.29) is 0 Å². The zero-order valence-electron chi connectivity index (χ0n) is 26.1. The molecule has 0 bridgehead atoms. The summed E-state index contributed by atoms with van der Waals surface area (Å²) in [4.78, 5) is 5.30. The number of para-hydroxylation sites is 1. The molecule has 11 rings (SSSR count). The highest BCUT2D eigenvalue weighted by atomic mass is 31.2. The van der Waals surface area contributed by atoms with Crippen LogP contribution in [0, 0.1) is 0 Å². The second-order valence-corrected chi connectivity index (χ2v) is 18.3. The van der Waals surface area contributed by atoms with E-state index in [0.717, 1.165) is 92.4 Å². The predicted octanol–water partition coefficient (Wildman–Crippen LogP) is 8.03. The second-order valence-electron chi connectivity index (χ2n) is 12.9. The lowest BCUT2D eigenvalue weighted by atomic mass is 10.1. The van der Waals surface area contributed by atoms with Gasteiger partial charge in [0.15, 0.2) is 14.3 Å². The normalized spacial score (nSPS) is 15.0. The van der Waals surface area contributed by atoms with Crippen molar-refractivity contribution in [3.8, 4) is 22.3 Å². The Labute approximate surface area is 282 Å². The van der Waals surface area contributed by atoms with Gasteiger partial charge in [0.2, 0.25) is 0 Å². The van der Waals surface area contributed by atoms with Gasteiger partial charge in [-0.2, -0.15) is 0 Å². The third-order valence-corrected chi connectivity index (χ3v) is 16.9. The van der Waals surface area contributed by atoms with E-state index in [1.165, 1.54) is 0 Å². The van der Waals surface area contributed by atoms with Crippen LogP contribution in [0.4, 0.5) is 0 Å². The molecular formula is C43H26N2O2P2. The molecule has 0 aliphatic carbocycles. The van der Waals surface area contributed by atoms with Gasteiger partial charge in [-0.3, -0.25) is 4.40 Å². The number of rotatable bonds is 2. The fourth-order valence-electron chi connectivity index (χ4n) is 8.53. The first-order valence-electron chi connectivity index (χ1n) is 16.4. The largest absolute Gasteiger partial charge is 0.309 e. The van der Waals surface area contributed by atoms with Crippen LogP contribution in [0.3, 0.4) is 0 Å². The molecule has 6 heteroatoms. The summed E-state index contributed by atoms with van der Waals surface area (Å²) in [7, 11) is -6.45. The highest BCUT2D eigenvalue weighted by Gasteiger charge is 2.42. The van der Waals surface area contributed by atoms with Gasteiger partial charge in [0.1, 0.15) is 5.65 Å². The predicted molar refractivity (Wildman–Crippen MR) is 204 cm³/mol. The molecule has 9 aromatic rings. The molecule has 0 fully saturated rings. The van der Waals surface area contributed by atoms with Crippen LogP contribution in [-0.4, -0.2) is 9.38 Å². The van der Waals surface area contributed by atoms with Gasteiger partial charge in [0.05, 0.1) is 16.6 Å². The fourth-order valence-corrected chi connectivity index (χ4v) is 14.9. The first-order valence-corrected chi connectivity index (χ1v) is 19.9. The van der Waals surface area contributed by atoms with E-state index in [9.17, 15) is 0 Å². The monoisotopic (exact) mass is 664 g/mol. The smallest absolute Gasteiger partial charge is 0.172 e. The van der Waals surface area contributed by atoms with Crippen molar-refractivity contribution in [1.29, 1.82) is 0 Å². The van der Waals surface area contributed by atoms with Crippen molar-refractivity contribution in [3.63, 3.8) is 0 Å². The Balaban J connectivity index is 1.27. The second kappa shape index (κ2) is 9.55. The average molecular weight is 665 g/mol. The summed E-state index contributed by atoms with van der Waals surface area (Å²) in [6.07, 6.45) is 0. The van der Waals surface area contributed by atoms with Gasteiger partial charge in [0.25, 0.3) is 0 Å². The fraction of sp³-hybridized carbons (Fsp3) is 0. The van der Waals surface area contributed by atoms with Crippen LogP contribution in [0.5, 0.6) is 0 Å². The molecule has 2 aromatic heterocycles. The van der Waals surface area contributed by atoms with Gasteiger partial charge in [-0.05, 0) is 51.9 Å². The van der Waals surface area contributed by atoms with E-state index in [4.69, 9.17) is 4.98 Å². The molecule has 0 unspecified atom stereocenters. The minimum absolute atomic E-state index is 0.749. The van der Waals surface area contributed by atoms with Crippen LogP contribution < -0.4 is 31.8 Å². The maximum absolute atomic E-state index is 15.9. The molecule has 0 radical (unpaired) electrons. The lowest BCUT2D eigenvalue weighted by Gasteiger charge is -2.19. The zero-order chi connectivity index (χ0) is 32.5. The summed E-state index contributed by atoms with van der Waals surface area (Å²) in [6.45, 7) is 0. The summed E-state index contributed by atoms with van der Waals surface area (Å²) in [5.41, 5.74) is 7.53. The van der Waals surface area contributed by atoms with Crippen LogP contribution in [0.2, 0.25) is 0 Å². The Bertz CT molecular complexity index is 2930. The van der Waals surface area contributed by atoms with E-state index < -0.39 is 14.3 Å². The molecular weight excluding hydrogens is 638 g/mol. The van der Waals surface area contributed by atoms with E-state index in [1.807, 2.05) is 103 Å². The summed E-state index contributed by atoms with van der Waals surface area (Å²) >= 11 is 0. The van der Waals surface area contributed by atoms with Crippen LogP contribution in [-0.2, 0) is 9.13 Å². The highest BCUT2D eigenvalue weighted by molar-refractivity contribution is 7.87. The first kappa shape index (κ1) is 27.4. The zero-order valence-corrected chi connectivity index (χ0v) is 27.9. The summed E-state index contributed by atoms with van der Waals surface area (Å²) in [5, 5.41) is 8.00. The number of aromatic nitrogens is 2. The molecule has 0 saturated carbocycles. The van der Waals surface area contributed by atoms with Crippen molar-refractivity contribution in [2.24, 2.45) is 0 Å². The van der Waals surface area contributed by atoms with E-state index in [1.54, 1.807) is 0 Å². The van der Waals surface area contributed by atoms with Gasteiger partial charge in [-0.15, -0.1) is 0 Å². The van der Waals surface area contributed by atoms with Gasteiger partial charge in [-0.1, -0.05) is 133 Å². The molecule has 0 amide bonds. The van der Waals surface area contributed by atoms with Crippen LogP contribution in [0.25, 0.3) is 60.6 Å². The van der Waals surface area contributed by atoms with Crippen molar-refractivity contribution in [2.75, 3.05) is 0 Å². The van der Waals surface area contributed by atoms with Crippen LogP contribution in [0.15, 0.2) is 158 Å². The third-order valence-electron chi connectivity index (χ3n) is 10.6. The summed E-state index contributed by atoms with van der Waals surface area (Å²) in [6, 6.07) is 53.0. The van der Waals surface area contributed by atoms with Crippen molar-refractivity contribution in [3.05, 3.63) is 158 Å². The molecule has 7 aromatic carbocycles. The third kappa shape index (κ3) is 3.33. The van der Waals surface area contributed by atoms with Crippen LogP contribution >= 0.6 is 14.3 Å². The average Bonchev–Trinajstić information content (AvgIpc) is 3.77. The number of benzene rings is 7. The summed E-state index contributed by atoms with van der Waals surface area (Å²) in [5.74, 6) is 0. The van der Waals surface area contributed by atoms with Crippen molar-refractivity contribution < 1.29 is 9.13 Å². The van der Waals surface area contributed by atoms with Crippen molar-refractivity contribution in [2.45, 2.75) is 0 Å². The molecule has 49 heavy (non-hydrogen) atoms. The molecule has 0 atom stereocenters. The molecule has 230 valence electrons. The summed E-state index contributed by atoms with van der Waals surface area (Å²) < 4.78 is 33.6. The Morgan fingerprint density at radius 1 is 0.429 bits per heavy atom. The first-order chi connectivity index (χ1) is 24.1. The Morgan fingerprint density at radius 2 is 0.918 bits per heavy atom. The Kier molecular flexibility index (Phi) is 5.34. The SMILES string of the molecule is O=P1(c2ccc3nc4c5c(P6(=O)c7ccccc7-c7ccccc76)cccc5c5ccccc5n4c3c2)c2ccccc2-c2ccccc21. The number of pyridine rings is 1. The van der Waals surface area contributed by atoms with Crippen LogP contribution in [0.1, 0.15) is 0 Å². The molecule has 4 nitrogen and oxygen atoms in total. The number of hydrogen-bond donors (Lipinski definition) is 0. The van der Waals surface area contributed by atoms with E-state index in [2.05, 4.69) is 59.0 Å². The van der Waals surface area contributed by atoms with Gasteiger partial charge < -0.3 is 9.13 Å². The van der Waals surface area contributed by atoms with Gasteiger partial charge in [-0.25, -0.2) is 4.98 Å².